The standard InChI is InChI=1S/C26H27N5O4/c1-34-17-16-27-26(33)25(19-12-14-21(35-2)15-13-19)31(20-8-4-3-5-9-20)24(32)18-30-23-11-7-6-10-22(23)28-29-30/h3-15,25H,16-18H2,1-2H3,(H,27,33)/t25-/m0/s1. The molecule has 1 aromatic heterocycles. The van der Waals surface area contributed by atoms with Crippen LogP contribution >= 0.6 is 0 Å². The predicted molar refractivity (Wildman–Crippen MR) is 132 cm³/mol. The van der Waals surface area contributed by atoms with E-state index in [0.29, 0.717) is 35.7 Å². The molecule has 0 saturated heterocycles. The van der Waals surface area contributed by atoms with Crippen LogP contribution in [-0.4, -0.2) is 54.2 Å². The number of anilines is 1. The van der Waals surface area contributed by atoms with Crippen LogP contribution in [0.2, 0.25) is 0 Å². The highest BCUT2D eigenvalue weighted by molar-refractivity contribution is 6.01. The second-order valence-electron chi connectivity index (χ2n) is 7.79. The van der Waals surface area contributed by atoms with E-state index in [4.69, 9.17) is 9.47 Å². The first-order valence-corrected chi connectivity index (χ1v) is 11.2. The van der Waals surface area contributed by atoms with Gasteiger partial charge in [-0.2, -0.15) is 0 Å². The van der Waals surface area contributed by atoms with Gasteiger partial charge in [0.05, 0.1) is 19.2 Å². The fraction of sp³-hybridized carbons (Fsp3) is 0.231. The van der Waals surface area contributed by atoms with Crippen LogP contribution in [0.3, 0.4) is 0 Å². The largest absolute Gasteiger partial charge is 0.497 e. The van der Waals surface area contributed by atoms with Gasteiger partial charge in [-0.3, -0.25) is 14.5 Å². The summed E-state index contributed by atoms with van der Waals surface area (Å²) in [5.74, 6) is 0.0152. The topological polar surface area (TPSA) is 98.6 Å². The third-order valence-electron chi connectivity index (χ3n) is 5.55. The van der Waals surface area contributed by atoms with Crippen molar-refractivity contribution in [2.24, 2.45) is 0 Å². The van der Waals surface area contributed by atoms with Crippen LogP contribution in [0.25, 0.3) is 11.0 Å². The van der Waals surface area contributed by atoms with Crippen molar-refractivity contribution < 1.29 is 19.1 Å². The van der Waals surface area contributed by atoms with E-state index < -0.39 is 6.04 Å². The number of benzene rings is 3. The van der Waals surface area contributed by atoms with E-state index in [-0.39, 0.29) is 18.4 Å². The van der Waals surface area contributed by atoms with Gasteiger partial charge in [0.1, 0.15) is 23.9 Å². The molecule has 1 heterocycles. The van der Waals surface area contributed by atoms with Crippen LogP contribution in [0.5, 0.6) is 5.75 Å². The summed E-state index contributed by atoms with van der Waals surface area (Å²) in [6, 6.07) is 22.7. The third-order valence-corrected chi connectivity index (χ3v) is 5.55. The lowest BCUT2D eigenvalue weighted by atomic mass is 10.0. The van der Waals surface area contributed by atoms with Gasteiger partial charge >= 0.3 is 0 Å². The second-order valence-corrected chi connectivity index (χ2v) is 7.79. The molecule has 0 aliphatic rings. The van der Waals surface area contributed by atoms with Gasteiger partial charge in [-0.05, 0) is 42.0 Å². The lowest BCUT2D eigenvalue weighted by Gasteiger charge is -2.31. The van der Waals surface area contributed by atoms with Gasteiger partial charge in [0.15, 0.2) is 0 Å². The minimum atomic E-state index is -0.928. The molecule has 35 heavy (non-hydrogen) atoms. The number of fused-ring (bicyclic) bond motifs is 1. The highest BCUT2D eigenvalue weighted by Crippen LogP contribution is 2.29. The van der Waals surface area contributed by atoms with Gasteiger partial charge in [0, 0.05) is 19.3 Å². The zero-order chi connectivity index (χ0) is 24.6. The van der Waals surface area contributed by atoms with Crippen LogP contribution in [0.1, 0.15) is 11.6 Å². The van der Waals surface area contributed by atoms with Gasteiger partial charge in [-0.25, -0.2) is 4.68 Å². The number of rotatable bonds is 10. The highest BCUT2D eigenvalue weighted by Gasteiger charge is 2.33. The Hall–Kier alpha value is -4.24. The molecule has 0 aliphatic heterocycles. The summed E-state index contributed by atoms with van der Waals surface area (Å²) in [5.41, 5.74) is 2.65. The Balaban J connectivity index is 1.75. The van der Waals surface area contributed by atoms with Crippen LogP contribution in [0, 0.1) is 0 Å². The van der Waals surface area contributed by atoms with Crippen LogP contribution in [-0.2, 0) is 20.9 Å². The molecule has 2 amide bonds. The molecule has 0 saturated carbocycles. The van der Waals surface area contributed by atoms with Gasteiger partial charge in [0.25, 0.3) is 0 Å². The number of hydrogen-bond acceptors (Lipinski definition) is 6. The first-order valence-electron chi connectivity index (χ1n) is 11.2. The van der Waals surface area contributed by atoms with Crippen molar-refractivity contribution in [1.82, 2.24) is 20.3 Å². The fourth-order valence-electron chi connectivity index (χ4n) is 3.84. The Morgan fingerprint density at radius 2 is 1.69 bits per heavy atom. The van der Waals surface area contributed by atoms with Crippen LogP contribution < -0.4 is 15.0 Å². The number of para-hydroxylation sites is 2. The maximum atomic E-state index is 13.8. The van der Waals surface area contributed by atoms with Crippen molar-refractivity contribution in [3.8, 4) is 5.75 Å². The molecule has 3 aromatic carbocycles. The number of ether oxygens (including phenoxy) is 2. The van der Waals surface area contributed by atoms with Gasteiger partial charge in [0.2, 0.25) is 11.8 Å². The Labute approximate surface area is 203 Å². The number of hydrogen-bond donors (Lipinski definition) is 1. The molecule has 0 spiro atoms. The van der Waals surface area contributed by atoms with Crippen molar-refractivity contribution in [3.05, 3.63) is 84.4 Å². The summed E-state index contributed by atoms with van der Waals surface area (Å²) in [5, 5.41) is 11.2. The molecule has 9 heteroatoms. The van der Waals surface area contributed by atoms with Crippen LogP contribution in [0.4, 0.5) is 5.69 Å². The lowest BCUT2D eigenvalue weighted by molar-refractivity contribution is -0.127. The Morgan fingerprint density at radius 1 is 0.971 bits per heavy atom. The van der Waals surface area contributed by atoms with E-state index in [0.717, 1.165) is 5.52 Å². The van der Waals surface area contributed by atoms with Crippen molar-refractivity contribution in [2.45, 2.75) is 12.6 Å². The minimum Gasteiger partial charge on any atom is -0.497 e. The Morgan fingerprint density at radius 3 is 2.40 bits per heavy atom. The Bertz CT molecular complexity index is 1270. The molecule has 0 unspecified atom stereocenters. The van der Waals surface area contributed by atoms with E-state index in [9.17, 15) is 9.59 Å². The number of amides is 2. The molecule has 1 N–H and O–H groups in total. The summed E-state index contributed by atoms with van der Waals surface area (Å²) >= 11 is 0. The van der Waals surface area contributed by atoms with Crippen molar-refractivity contribution in [1.29, 1.82) is 0 Å². The van der Waals surface area contributed by atoms with E-state index in [2.05, 4.69) is 15.6 Å². The SMILES string of the molecule is COCCNC(=O)[C@H](c1ccc(OC)cc1)N(C(=O)Cn1nnc2ccccc21)c1ccccc1. The van der Waals surface area contributed by atoms with E-state index in [1.807, 2.05) is 42.5 Å². The maximum absolute atomic E-state index is 13.8. The molecule has 0 aliphatic carbocycles. The quantitative estimate of drug-likeness (QED) is 0.356. The molecular weight excluding hydrogens is 446 g/mol. The zero-order valence-corrected chi connectivity index (χ0v) is 19.6. The number of nitrogens with zero attached hydrogens (tertiary/aromatic N) is 4. The summed E-state index contributed by atoms with van der Waals surface area (Å²) in [7, 11) is 3.14. The van der Waals surface area contributed by atoms with Crippen LogP contribution in [0.15, 0.2) is 78.9 Å². The molecule has 0 fully saturated rings. The number of methoxy groups -OCH3 is 2. The first kappa shape index (κ1) is 23.9. The fourth-order valence-corrected chi connectivity index (χ4v) is 3.84. The first-order chi connectivity index (χ1) is 17.1. The third kappa shape index (κ3) is 5.47. The summed E-state index contributed by atoms with van der Waals surface area (Å²) in [6.45, 7) is 0.575. The number of nitrogens with one attached hydrogen (secondary N) is 1. The van der Waals surface area contributed by atoms with Gasteiger partial charge in [-0.15, -0.1) is 5.10 Å². The van der Waals surface area contributed by atoms with E-state index in [1.54, 1.807) is 55.3 Å². The van der Waals surface area contributed by atoms with Crippen molar-refractivity contribution in [3.63, 3.8) is 0 Å². The zero-order valence-electron chi connectivity index (χ0n) is 19.6. The summed E-state index contributed by atoms with van der Waals surface area (Å²) in [6.07, 6.45) is 0. The molecule has 1 atom stereocenters. The van der Waals surface area contributed by atoms with Crippen molar-refractivity contribution >= 4 is 28.5 Å². The summed E-state index contributed by atoms with van der Waals surface area (Å²) < 4.78 is 11.9. The molecule has 9 nitrogen and oxygen atoms in total. The maximum Gasteiger partial charge on any atom is 0.249 e. The molecule has 4 aromatic rings. The van der Waals surface area contributed by atoms with Crippen molar-refractivity contribution in [2.75, 3.05) is 32.3 Å². The Kier molecular flexibility index (Phi) is 7.69. The number of aromatic nitrogens is 3. The molecule has 180 valence electrons. The number of carbonyl (C=O) groups excluding carboxylic acids is 2. The van der Waals surface area contributed by atoms with E-state index in [1.165, 1.54) is 4.90 Å². The lowest BCUT2D eigenvalue weighted by Crippen LogP contribution is -2.46. The van der Waals surface area contributed by atoms with Gasteiger partial charge in [-0.1, -0.05) is 47.7 Å². The molecule has 4 rings (SSSR count). The smallest absolute Gasteiger partial charge is 0.249 e. The van der Waals surface area contributed by atoms with E-state index >= 15 is 0 Å². The predicted octanol–water partition coefficient (Wildman–Crippen LogP) is 2.98. The molecule has 0 radical (unpaired) electrons. The number of carbonyl (C=O) groups is 2. The molecular formula is C26H27N5O4. The second kappa shape index (κ2) is 11.3. The normalized spacial score (nSPS) is 11.7. The molecule has 0 bridgehead atoms. The average Bonchev–Trinajstić information content (AvgIpc) is 3.30. The minimum absolute atomic E-state index is 0.0899. The van der Waals surface area contributed by atoms with Gasteiger partial charge < -0.3 is 14.8 Å². The monoisotopic (exact) mass is 473 g/mol. The summed E-state index contributed by atoms with van der Waals surface area (Å²) in [4.78, 5) is 28.8. The highest BCUT2D eigenvalue weighted by atomic mass is 16.5. The average molecular weight is 474 g/mol.